The number of thioether (sulfide) groups is 1. The lowest BCUT2D eigenvalue weighted by Crippen LogP contribution is -2.28. The number of carbonyl (C=O) groups excluding carboxylic acids is 1. The van der Waals surface area contributed by atoms with Gasteiger partial charge in [0.2, 0.25) is 0 Å². The minimum atomic E-state index is -0.163. The Morgan fingerprint density at radius 3 is 2.31 bits per heavy atom. The first kappa shape index (κ1) is 20.4. The molecule has 0 radical (unpaired) electrons. The lowest BCUT2D eigenvalue weighted by molar-refractivity contribution is -0.113. The molecule has 144 valence electrons. The van der Waals surface area contributed by atoms with E-state index in [1.807, 2.05) is 72.8 Å². The number of amides is 1. The number of rotatable bonds is 3. The summed E-state index contributed by atoms with van der Waals surface area (Å²) in [5.74, 6) is 0.00998. The van der Waals surface area contributed by atoms with E-state index in [1.165, 1.54) is 11.8 Å². The predicted molar refractivity (Wildman–Crippen MR) is 137 cm³/mol. The van der Waals surface area contributed by atoms with Crippen LogP contribution in [0.2, 0.25) is 0 Å². The van der Waals surface area contributed by atoms with Crippen molar-refractivity contribution in [2.75, 3.05) is 4.90 Å². The van der Waals surface area contributed by atoms with Gasteiger partial charge in [-0.25, -0.2) is 4.99 Å². The van der Waals surface area contributed by atoms with Gasteiger partial charge in [0.1, 0.15) is 5.75 Å². The van der Waals surface area contributed by atoms with Crippen LogP contribution in [0.1, 0.15) is 5.56 Å². The molecule has 29 heavy (non-hydrogen) atoms. The molecule has 0 spiro atoms. The number of benzene rings is 3. The smallest absolute Gasteiger partial charge is 0.271 e. The number of hydrogen-bond acceptors (Lipinski definition) is 4. The molecule has 3 aromatic carbocycles. The summed E-state index contributed by atoms with van der Waals surface area (Å²) in [6.45, 7) is 0. The fourth-order valence-electron chi connectivity index (χ4n) is 2.80. The van der Waals surface area contributed by atoms with Crippen molar-refractivity contribution in [3.63, 3.8) is 0 Å². The predicted octanol–water partition coefficient (Wildman–Crippen LogP) is 6.41. The fourth-order valence-corrected chi connectivity index (χ4v) is 5.69. The van der Waals surface area contributed by atoms with Crippen molar-refractivity contribution in [3.05, 3.63) is 90.4 Å². The Balaban J connectivity index is 1.80. The Bertz CT molecular complexity index is 1130. The molecule has 0 unspecified atom stereocenters. The molecule has 0 aromatic heterocycles. The van der Waals surface area contributed by atoms with Gasteiger partial charge in [0.15, 0.2) is 5.17 Å². The molecule has 0 atom stereocenters. The van der Waals surface area contributed by atoms with Gasteiger partial charge in [-0.05, 0) is 99.4 Å². The average molecular weight is 624 g/mol. The van der Waals surface area contributed by atoms with Gasteiger partial charge in [-0.15, -0.1) is 0 Å². The molecule has 0 aliphatic carbocycles. The van der Waals surface area contributed by atoms with Crippen molar-refractivity contribution in [1.82, 2.24) is 0 Å². The molecule has 4 rings (SSSR count). The van der Waals surface area contributed by atoms with Gasteiger partial charge in [-0.3, -0.25) is 9.69 Å². The molecular weight excluding hydrogens is 610 g/mol. The molecule has 1 aliphatic heterocycles. The maximum atomic E-state index is 13.3. The second-order valence-corrected chi connectivity index (χ2v) is 9.56. The highest BCUT2D eigenvalue weighted by Gasteiger charge is 2.35. The quantitative estimate of drug-likeness (QED) is 0.271. The van der Waals surface area contributed by atoms with Crippen LogP contribution in [-0.2, 0) is 4.79 Å². The van der Waals surface area contributed by atoms with E-state index in [2.05, 4.69) is 45.2 Å². The highest BCUT2D eigenvalue weighted by atomic mass is 127. The summed E-state index contributed by atoms with van der Waals surface area (Å²) in [7, 11) is 0. The molecule has 1 saturated heterocycles. The van der Waals surface area contributed by atoms with Crippen LogP contribution in [0.3, 0.4) is 0 Å². The highest BCUT2D eigenvalue weighted by Crippen LogP contribution is 2.39. The third kappa shape index (κ3) is 4.51. The van der Waals surface area contributed by atoms with E-state index >= 15 is 0 Å². The summed E-state index contributed by atoms with van der Waals surface area (Å²) in [5.41, 5.74) is 2.15. The molecular formula is C22H14I2N2O2S. The van der Waals surface area contributed by atoms with Crippen LogP contribution < -0.4 is 4.90 Å². The number of hydrogen-bond donors (Lipinski definition) is 1. The average Bonchev–Trinajstić information content (AvgIpc) is 3.02. The first-order valence-corrected chi connectivity index (χ1v) is 11.6. The third-order valence-corrected chi connectivity index (χ3v) is 6.56. The third-order valence-electron chi connectivity index (χ3n) is 4.15. The first-order valence-electron chi connectivity index (χ1n) is 8.64. The first-order chi connectivity index (χ1) is 14.0. The number of nitrogens with zero attached hydrogens (tertiary/aromatic N) is 2. The number of anilines is 1. The topological polar surface area (TPSA) is 52.9 Å². The second kappa shape index (κ2) is 8.88. The molecule has 7 heteroatoms. The second-order valence-electron chi connectivity index (χ2n) is 6.14. The Morgan fingerprint density at radius 1 is 0.966 bits per heavy atom. The van der Waals surface area contributed by atoms with E-state index in [0.717, 1.165) is 18.5 Å². The number of halogens is 2. The molecule has 0 saturated carbocycles. The van der Waals surface area contributed by atoms with Crippen molar-refractivity contribution in [1.29, 1.82) is 0 Å². The van der Waals surface area contributed by atoms with Gasteiger partial charge < -0.3 is 5.11 Å². The SMILES string of the molecule is O=C1/C(=C/c2cc(I)cc(I)c2O)SC(=Nc2ccccc2)N1c1ccccc1. The highest BCUT2D eigenvalue weighted by molar-refractivity contribution is 14.1. The van der Waals surface area contributed by atoms with E-state index < -0.39 is 0 Å². The number of aromatic hydroxyl groups is 1. The van der Waals surface area contributed by atoms with Gasteiger partial charge >= 0.3 is 0 Å². The van der Waals surface area contributed by atoms with E-state index in [-0.39, 0.29) is 11.7 Å². The zero-order chi connectivity index (χ0) is 20.4. The van der Waals surface area contributed by atoms with Gasteiger partial charge in [0.25, 0.3) is 5.91 Å². The van der Waals surface area contributed by atoms with E-state index in [1.54, 1.807) is 11.0 Å². The number of amidine groups is 1. The fraction of sp³-hybridized carbons (Fsp3) is 0. The molecule has 1 aliphatic rings. The minimum absolute atomic E-state index is 0.163. The van der Waals surface area contributed by atoms with Gasteiger partial charge in [-0.2, -0.15) is 0 Å². The van der Waals surface area contributed by atoms with Gasteiger partial charge in [0, 0.05) is 9.13 Å². The van der Waals surface area contributed by atoms with Crippen molar-refractivity contribution < 1.29 is 9.90 Å². The number of aliphatic imine (C=N–C) groups is 1. The Kier molecular flexibility index (Phi) is 6.26. The molecule has 1 N–H and O–H groups in total. The summed E-state index contributed by atoms with van der Waals surface area (Å²) in [6.07, 6.45) is 1.73. The summed E-state index contributed by atoms with van der Waals surface area (Å²) >= 11 is 5.59. The summed E-state index contributed by atoms with van der Waals surface area (Å²) in [6, 6.07) is 22.8. The lowest BCUT2D eigenvalue weighted by Gasteiger charge is -2.15. The van der Waals surface area contributed by atoms with Crippen molar-refractivity contribution >= 4 is 85.5 Å². The van der Waals surface area contributed by atoms with Crippen LogP contribution >= 0.6 is 56.9 Å². The Labute approximate surface area is 200 Å². The zero-order valence-corrected chi connectivity index (χ0v) is 20.1. The number of phenols is 1. The Hall–Kier alpha value is -1.85. The minimum Gasteiger partial charge on any atom is -0.506 e. The van der Waals surface area contributed by atoms with E-state index in [9.17, 15) is 9.90 Å². The van der Waals surface area contributed by atoms with Crippen molar-refractivity contribution in [3.8, 4) is 5.75 Å². The molecule has 1 amide bonds. The van der Waals surface area contributed by atoms with Gasteiger partial charge in [0.05, 0.1) is 19.9 Å². The maximum absolute atomic E-state index is 13.3. The van der Waals surface area contributed by atoms with E-state index in [0.29, 0.717) is 15.6 Å². The number of para-hydroxylation sites is 2. The molecule has 3 aromatic rings. The normalized spacial score (nSPS) is 16.8. The summed E-state index contributed by atoms with van der Waals surface area (Å²) in [4.78, 5) is 20.1. The number of phenolic OH excluding ortho intramolecular Hbond substituents is 1. The van der Waals surface area contributed by atoms with Gasteiger partial charge in [-0.1, -0.05) is 36.4 Å². The van der Waals surface area contributed by atoms with Crippen LogP contribution in [0.5, 0.6) is 5.75 Å². The van der Waals surface area contributed by atoms with Crippen molar-refractivity contribution in [2.45, 2.75) is 0 Å². The Morgan fingerprint density at radius 2 is 1.62 bits per heavy atom. The molecule has 0 bridgehead atoms. The summed E-state index contributed by atoms with van der Waals surface area (Å²) in [5, 5.41) is 11.0. The largest absolute Gasteiger partial charge is 0.506 e. The monoisotopic (exact) mass is 624 g/mol. The molecule has 4 nitrogen and oxygen atoms in total. The van der Waals surface area contributed by atoms with Crippen LogP contribution in [-0.4, -0.2) is 16.2 Å². The zero-order valence-electron chi connectivity index (χ0n) is 14.9. The molecule has 1 fully saturated rings. The summed E-state index contributed by atoms with van der Waals surface area (Å²) < 4.78 is 1.74. The van der Waals surface area contributed by atoms with Crippen LogP contribution in [0.15, 0.2) is 82.7 Å². The lowest BCUT2D eigenvalue weighted by atomic mass is 10.2. The standard InChI is InChI=1S/C22H14I2N2O2S/c23-15-11-14(20(27)18(24)13-15)12-19-21(28)26(17-9-5-2-6-10-17)22(29-19)25-16-7-3-1-4-8-16/h1-13,27H/b19-12-,25-22?. The van der Waals surface area contributed by atoms with Crippen LogP contribution in [0.25, 0.3) is 6.08 Å². The van der Waals surface area contributed by atoms with Crippen LogP contribution in [0.4, 0.5) is 11.4 Å². The van der Waals surface area contributed by atoms with Crippen LogP contribution in [0, 0.1) is 7.14 Å². The van der Waals surface area contributed by atoms with Crippen molar-refractivity contribution in [2.24, 2.45) is 4.99 Å². The molecule has 1 heterocycles. The number of carbonyl (C=O) groups is 1. The maximum Gasteiger partial charge on any atom is 0.271 e. The van der Waals surface area contributed by atoms with E-state index in [4.69, 9.17) is 4.99 Å².